The summed E-state index contributed by atoms with van der Waals surface area (Å²) >= 11 is 0. The van der Waals surface area contributed by atoms with Gasteiger partial charge in [-0.3, -0.25) is 4.99 Å². The van der Waals surface area contributed by atoms with Gasteiger partial charge in [-0.15, -0.1) is 24.0 Å². The predicted molar refractivity (Wildman–Crippen MR) is 128 cm³/mol. The van der Waals surface area contributed by atoms with Gasteiger partial charge in [0.1, 0.15) is 0 Å². The molecular weight excluding hydrogens is 467 g/mol. The standard InChI is InChI=1S/C21H42N4O2.HI/c1-19-8-3-5-13-25(19)14-6-4-11-23-21(22-2)24-12-7-15-27-18-20-9-16-26-17-10-20;/h19-20H,3-18H2,1-2H3,(H2,22,23,24);1H. The molecule has 166 valence electrons. The van der Waals surface area contributed by atoms with E-state index in [2.05, 4.69) is 27.4 Å². The molecule has 2 N–H and O–H groups in total. The van der Waals surface area contributed by atoms with Crippen molar-refractivity contribution in [1.29, 1.82) is 0 Å². The van der Waals surface area contributed by atoms with Gasteiger partial charge in [-0.05, 0) is 70.9 Å². The van der Waals surface area contributed by atoms with Gasteiger partial charge in [0, 0.05) is 52.6 Å². The molecule has 2 rings (SSSR count). The Morgan fingerprint density at radius 3 is 2.54 bits per heavy atom. The fourth-order valence-corrected chi connectivity index (χ4v) is 3.90. The highest BCUT2D eigenvalue weighted by molar-refractivity contribution is 14.0. The van der Waals surface area contributed by atoms with Gasteiger partial charge in [0.15, 0.2) is 5.96 Å². The minimum absolute atomic E-state index is 0. The van der Waals surface area contributed by atoms with Crippen LogP contribution in [0.1, 0.15) is 58.3 Å². The zero-order chi connectivity index (χ0) is 19.2. The Hall–Kier alpha value is -0.120. The Morgan fingerprint density at radius 2 is 1.82 bits per heavy atom. The Morgan fingerprint density at radius 1 is 1.07 bits per heavy atom. The first-order chi connectivity index (χ1) is 13.3. The smallest absolute Gasteiger partial charge is 0.190 e. The second kappa shape index (κ2) is 16.7. The average molecular weight is 511 g/mol. The van der Waals surface area contributed by atoms with E-state index in [4.69, 9.17) is 9.47 Å². The fraction of sp³-hybridized carbons (Fsp3) is 0.952. The molecule has 2 saturated heterocycles. The molecule has 0 aliphatic carbocycles. The number of likely N-dealkylation sites (tertiary alicyclic amines) is 1. The first kappa shape index (κ1) is 25.9. The molecule has 0 radical (unpaired) electrons. The van der Waals surface area contributed by atoms with Crippen LogP contribution >= 0.6 is 24.0 Å². The highest BCUT2D eigenvalue weighted by Crippen LogP contribution is 2.16. The lowest BCUT2D eigenvalue weighted by Crippen LogP contribution is -2.39. The van der Waals surface area contributed by atoms with E-state index in [1.54, 1.807) is 0 Å². The second-order valence-corrected chi connectivity index (χ2v) is 8.00. The van der Waals surface area contributed by atoms with Crippen LogP contribution in [0.25, 0.3) is 0 Å². The number of ether oxygens (including phenoxy) is 2. The van der Waals surface area contributed by atoms with Crippen LogP contribution in [0.5, 0.6) is 0 Å². The lowest BCUT2D eigenvalue weighted by molar-refractivity contribution is 0.0203. The van der Waals surface area contributed by atoms with E-state index in [9.17, 15) is 0 Å². The number of nitrogens with zero attached hydrogens (tertiary/aromatic N) is 2. The first-order valence-corrected chi connectivity index (χ1v) is 11.1. The van der Waals surface area contributed by atoms with Crippen LogP contribution in [-0.2, 0) is 9.47 Å². The van der Waals surface area contributed by atoms with Gasteiger partial charge in [-0.1, -0.05) is 6.42 Å². The minimum atomic E-state index is 0. The lowest BCUT2D eigenvalue weighted by Gasteiger charge is -2.33. The molecule has 1 unspecified atom stereocenters. The molecule has 2 aliphatic rings. The van der Waals surface area contributed by atoms with Gasteiger partial charge < -0.3 is 25.0 Å². The van der Waals surface area contributed by atoms with Crippen LogP contribution in [0.15, 0.2) is 4.99 Å². The highest BCUT2D eigenvalue weighted by atomic mass is 127. The van der Waals surface area contributed by atoms with Crippen molar-refractivity contribution >= 4 is 29.9 Å². The molecule has 1 atom stereocenters. The molecule has 7 heteroatoms. The van der Waals surface area contributed by atoms with Crippen LogP contribution in [0.2, 0.25) is 0 Å². The number of guanidine groups is 1. The zero-order valence-corrected chi connectivity index (χ0v) is 20.4. The summed E-state index contributed by atoms with van der Waals surface area (Å²) in [5.41, 5.74) is 0. The number of piperidine rings is 1. The summed E-state index contributed by atoms with van der Waals surface area (Å²) in [5.74, 6) is 1.60. The SMILES string of the molecule is CN=C(NCCCCN1CCCCC1C)NCCCOCC1CCOCC1.I. The summed E-state index contributed by atoms with van der Waals surface area (Å²) in [7, 11) is 1.84. The Balaban J connectivity index is 0.00000392. The summed E-state index contributed by atoms with van der Waals surface area (Å²) < 4.78 is 11.2. The molecule has 0 aromatic heterocycles. The monoisotopic (exact) mass is 510 g/mol. The van der Waals surface area contributed by atoms with Crippen molar-refractivity contribution in [2.45, 2.75) is 64.3 Å². The van der Waals surface area contributed by atoms with E-state index in [1.165, 1.54) is 45.2 Å². The molecule has 0 bridgehead atoms. The van der Waals surface area contributed by atoms with Crippen molar-refractivity contribution in [3.8, 4) is 0 Å². The van der Waals surface area contributed by atoms with Crippen molar-refractivity contribution in [3.05, 3.63) is 0 Å². The third-order valence-corrected chi connectivity index (χ3v) is 5.78. The average Bonchev–Trinajstić information content (AvgIpc) is 2.70. The molecule has 2 heterocycles. The summed E-state index contributed by atoms with van der Waals surface area (Å²) in [4.78, 5) is 6.96. The number of hydrogen-bond donors (Lipinski definition) is 2. The van der Waals surface area contributed by atoms with E-state index in [0.29, 0.717) is 5.92 Å². The van der Waals surface area contributed by atoms with Crippen molar-refractivity contribution in [2.24, 2.45) is 10.9 Å². The number of halogens is 1. The van der Waals surface area contributed by atoms with Gasteiger partial charge >= 0.3 is 0 Å². The quantitative estimate of drug-likeness (QED) is 0.194. The number of nitrogens with one attached hydrogen (secondary N) is 2. The fourth-order valence-electron chi connectivity index (χ4n) is 3.90. The number of hydrogen-bond acceptors (Lipinski definition) is 4. The van der Waals surface area contributed by atoms with Crippen molar-refractivity contribution in [2.75, 3.05) is 59.7 Å². The predicted octanol–water partition coefficient (Wildman–Crippen LogP) is 3.26. The van der Waals surface area contributed by atoms with Crippen molar-refractivity contribution in [1.82, 2.24) is 15.5 Å². The van der Waals surface area contributed by atoms with Crippen LogP contribution in [0.3, 0.4) is 0 Å². The minimum Gasteiger partial charge on any atom is -0.381 e. The highest BCUT2D eigenvalue weighted by Gasteiger charge is 2.17. The van der Waals surface area contributed by atoms with E-state index >= 15 is 0 Å². The summed E-state index contributed by atoms with van der Waals surface area (Å²) in [5, 5.41) is 6.81. The van der Waals surface area contributed by atoms with Gasteiger partial charge in [-0.2, -0.15) is 0 Å². The number of unbranched alkanes of at least 4 members (excludes halogenated alkanes) is 1. The van der Waals surface area contributed by atoms with E-state index < -0.39 is 0 Å². The van der Waals surface area contributed by atoms with Crippen molar-refractivity contribution in [3.63, 3.8) is 0 Å². The maximum absolute atomic E-state index is 5.81. The summed E-state index contributed by atoms with van der Waals surface area (Å²) in [6.45, 7) is 10.3. The molecule has 2 fully saturated rings. The zero-order valence-electron chi connectivity index (χ0n) is 18.1. The third-order valence-electron chi connectivity index (χ3n) is 5.78. The normalized spacial score (nSPS) is 21.9. The molecule has 0 amide bonds. The molecule has 28 heavy (non-hydrogen) atoms. The molecule has 0 aromatic carbocycles. The van der Waals surface area contributed by atoms with Crippen LogP contribution in [0.4, 0.5) is 0 Å². The van der Waals surface area contributed by atoms with Gasteiger partial charge in [0.05, 0.1) is 0 Å². The second-order valence-electron chi connectivity index (χ2n) is 8.00. The summed E-state index contributed by atoms with van der Waals surface area (Å²) in [6.07, 6.45) is 9.90. The maximum atomic E-state index is 5.81. The van der Waals surface area contributed by atoms with Gasteiger partial charge in [0.2, 0.25) is 0 Å². The van der Waals surface area contributed by atoms with Gasteiger partial charge in [-0.25, -0.2) is 0 Å². The molecule has 2 aliphatic heterocycles. The van der Waals surface area contributed by atoms with Crippen LogP contribution < -0.4 is 10.6 Å². The van der Waals surface area contributed by atoms with Crippen molar-refractivity contribution < 1.29 is 9.47 Å². The number of rotatable bonds is 11. The molecular formula is C21H43IN4O2. The molecule has 0 saturated carbocycles. The number of aliphatic imine (C=N–C) groups is 1. The third kappa shape index (κ3) is 11.2. The van der Waals surface area contributed by atoms with Crippen LogP contribution in [0, 0.1) is 5.92 Å². The summed E-state index contributed by atoms with van der Waals surface area (Å²) in [6, 6.07) is 0.773. The van der Waals surface area contributed by atoms with Gasteiger partial charge in [0.25, 0.3) is 0 Å². The van der Waals surface area contributed by atoms with E-state index in [1.807, 2.05) is 7.05 Å². The molecule has 0 spiro atoms. The molecule has 6 nitrogen and oxygen atoms in total. The first-order valence-electron chi connectivity index (χ1n) is 11.1. The van der Waals surface area contributed by atoms with E-state index in [0.717, 1.165) is 70.8 Å². The lowest BCUT2D eigenvalue weighted by atomic mass is 10.0. The van der Waals surface area contributed by atoms with Crippen LogP contribution in [-0.4, -0.2) is 76.6 Å². The Bertz CT molecular complexity index is 406. The topological polar surface area (TPSA) is 58.1 Å². The molecule has 0 aromatic rings. The largest absolute Gasteiger partial charge is 0.381 e. The van der Waals surface area contributed by atoms with E-state index in [-0.39, 0.29) is 24.0 Å². The Labute approximate surface area is 189 Å². The Kier molecular flexibility index (Phi) is 15.4. The maximum Gasteiger partial charge on any atom is 0.190 e.